The van der Waals surface area contributed by atoms with Gasteiger partial charge in [-0.25, -0.2) is 9.59 Å². The first kappa shape index (κ1) is 13.9. The lowest BCUT2D eigenvalue weighted by molar-refractivity contribution is 0.0996. The Morgan fingerprint density at radius 2 is 2.10 bits per heavy atom. The Morgan fingerprint density at radius 1 is 1.33 bits per heavy atom. The SMILES string of the molecule is NC(=O)OC1CC(=C=O)C(N2CCc3ccccc3C2)C1. The second-order valence-corrected chi connectivity index (χ2v) is 5.63. The third-order valence-corrected chi connectivity index (χ3v) is 4.35. The van der Waals surface area contributed by atoms with Crippen molar-refractivity contribution in [3.05, 3.63) is 41.0 Å². The third-order valence-electron chi connectivity index (χ3n) is 4.35. The maximum atomic E-state index is 11.2. The van der Waals surface area contributed by atoms with Crippen LogP contribution in [0.5, 0.6) is 0 Å². The van der Waals surface area contributed by atoms with Crippen LogP contribution in [0.2, 0.25) is 0 Å². The predicted molar refractivity (Wildman–Crippen MR) is 77.2 cm³/mol. The largest absolute Gasteiger partial charge is 0.446 e. The lowest BCUT2D eigenvalue weighted by atomic mass is 9.97. The second kappa shape index (κ2) is 5.72. The highest BCUT2D eigenvalue weighted by Crippen LogP contribution is 2.33. The zero-order valence-corrected chi connectivity index (χ0v) is 11.7. The van der Waals surface area contributed by atoms with Gasteiger partial charge in [0, 0.05) is 37.5 Å². The molecule has 1 aliphatic heterocycles. The normalized spacial score (nSPS) is 25.2. The zero-order chi connectivity index (χ0) is 14.8. The Hall–Kier alpha value is -2.10. The average molecular weight is 286 g/mol. The van der Waals surface area contributed by atoms with Crippen LogP contribution in [0.4, 0.5) is 4.79 Å². The molecule has 2 atom stereocenters. The molecular formula is C16H18N2O3. The van der Waals surface area contributed by atoms with Crippen molar-refractivity contribution >= 4 is 12.0 Å². The van der Waals surface area contributed by atoms with Crippen molar-refractivity contribution in [2.45, 2.75) is 38.0 Å². The van der Waals surface area contributed by atoms with E-state index in [1.807, 2.05) is 12.0 Å². The molecule has 3 rings (SSSR count). The van der Waals surface area contributed by atoms with Gasteiger partial charge in [-0.3, -0.25) is 4.90 Å². The van der Waals surface area contributed by atoms with Crippen LogP contribution in [0.3, 0.4) is 0 Å². The van der Waals surface area contributed by atoms with Crippen molar-refractivity contribution in [3.63, 3.8) is 0 Å². The van der Waals surface area contributed by atoms with E-state index in [1.165, 1.54) is 11.1 Å². The Bertz CT molecular complexity index is 607. The van der Waals surface area contributed by atoms with Crippen LogP contribution in [0.1, 0.15) is 24.0 Å². The van der Waals surface area contributed by atoms with Gasteiger partial charge in [-0.1, -0.05) is 24.3 Å². The predicted octanol–water partition coefficient (Wildman–Crippen LogP) is 1.43. The van der Waals surface area contributed by atoms with Crippen LogP contribution in [-0.2, 0) is 22.5 Å². The van der Waals surface area contributed by atoms with E-state index in [-0.39, 0.29) is 12.1 Å². The van der Waals surface area contributed by atoms with E-state index in [1.54, 1.807) is 0 Å². The summed E-state index contributed by atoms with van der Waals surface area (Å²) in [6.07, 6.45) is 0.946. The summed E-state index contributed by atoms with van der Waals surface area (Å²) in [7, 11) is 0. The molecule has 110 valence electrons. The number of nitrogens with zero attached hydrogens (tertiary/aromatic N) is 1. The number of carbonyl (C=O) groups excluding carboxylic acids is 2. The molecule has 1 aromatic carbocycles. The van der Waals surface area contributed by atoms with Crippen LogP contribution < -0.4 is 5.73 Å². The Kier molecular flexibility index (Phi) is 3.78. The fraction of sp³-hybridized carbons (Fsp3) is 0.438. The second-order valence-electron chi connectivity index (χ2n) is 5.63. The molecule has 2 aliphatic rings. The Balaban J connectivity index is 1.75. The number of primary amides is 1. The van der Waals surface area contributed by atoms with Gasteiger partial charge in [0.25, 0.3) is 0 Å². The van der Waals surface area contributed by atoms with Crippen molar-refractivity contribution in [3.8, 4) is 0 Å². The quantitative estimate of drug-likeness (QED) is 0.835. The molecule has 5 nitrogen and oxygen atoms in total. The van der Waals surface area contributed by atoms with Crippen molar-refractivity contribution in [2.24, 2.45) is 5.73 Å². The molecule has 1 amide bonds. The molecule has 21 heavy (non-hydrogen) atoms. The first-order valence-electron chi connectivity index (χ1n) is 7.18. The fourth-order valence-electron chi connectivity index (χ4n) is 3.37. The number of hydrogen-bond acceptors (Lipinski definition) is 4. The van der Waals surface area contributed by atoms with Crippen molar-refractivity contribution < 1.29 is 14.3 Å². The molecule has 0 bridgehead atoms. The fourth-order valence-corrected chi connectivity index (χ4v) is 3.37. The highest BCUT2D eigenvalue weighted by atomic mass is 16.6. The summed E-state index contributed by atoms with van der Waals surface area (Å²) in [5.41, 5.74) is 8.41. The number of rotatable bonds is 2. The Morgan fingerprint density at radius 3 is 2.81 bits per heavy atom. The van der Waals surface area contributed by atoms with Gasteiger partial charge in [-0.2, -0.15) is 0 Å². The molecule has 1 aliphatic carbocycles. The van der Waals surface area contributed by atoms with Gasteiger partial charge in [-0.15, -0.1) is 0 Å². The third kappa shape index (κ3) is 2.84. The lowest BCUT2D eigenvalue weighted by Crippen LogP contribution is -2.39. The van der Waals surface area contributed by atoms with Crippen LogP contribution in [0, 0.1) is 0 Å². The number of fused-ring (bicyclic) bond motifs is 1. The molecule has 5 heteroatoms. The summed E-state index contributed by atoms with van der Waals surface area (Å²) in [6, 6.07) is 8.36. The van der Waals surface area contributed by atoms with Gasteiger partial charge in [0.05, 0.1) is 0 Å². The Labute approximate surface area is 123 Å². The molecular weight excluding hydrogens is 268 g/mol. The number of hydrogen-bond donors (Lipinski definition) is 1. The van der Waals surface area contributed by atoms with E-state index in [0.717, 1.165) is 19.5 Å². The minimum absolute atomic E-state index is 0.000191. The topological polar surface area (TPSA) is 72.6 Å². The summed E-state index contributed by atoms with van der Waals surface area (Å²) in [6.45, 7) is 1.71. The number of amides is 1. The molecule has 2 unspecified atom stereocenters. The van der Waals surface area contributed by atoms with Crippen LogP contribution in [-0.4, -0.2) is 35.6 Å². The highest BCUT2D eigenvalue weighted by Gasteiger charge is 2.37. The minimum Gasteiger partial charge on any atom is -0.446 e. The maximum absolute atomic E-state index is 11.2. The minimum atomic E-state index is -0.783. The van der Waals surface area contributed by atoms with Gasteiger partial charge in [0.1, 0.15) is 12.0 Å². The van der Waals surface area contributed by atoms with Gasteiger partial charge in [0.2, 0.25) is 0 Å². The van der Waals surface area contributed by atoms with Crippen molar-refractivity contribution in [2.75, 3.05) is 6.54 Å². The van der Waals surface area contributed by atoms with Crippen LogP contribution in [0.15, 0.2) is 29.8 Å². The number of nitrogens with two attached hydrogens (primary N) is 1. The first-order valence-corrected chi connectivity index (χ1v) is 7.18. The standard InChI is InChI=1S/C16H18N2O3/c17-16(20)21-14-7-13(10-19)15(8-14)18-6-5-11-3-1-2-4-12(11)9-18/h1-4,14-15H,5-9H2,(H2,17,20). The van der Waals surface area contributed by atoms with Gasteiger partial charge >= 0.3 is 6.09 Å². The average Bonchev–Trinajstić information content (AvgIpc) is 2.89. The molecule has 0 spiro atoms. The van der Waals surface area contributed by atoms with Gasteiger partial charge in [-0.05, 0) is 17.5 Å². The van der Waals surface area contributed by atoms with E-state index < -0.39 is 6.09 Å². The zero-order valence-electron chi connectivity index (χ0n) is 11.7. The molecule has 0 aromatic heterocycles. The molecule has 1 aromatic rings. The summed E-state index contributed by atoms with van der Waals surface area (Å²) < 4.78 is 5.05. The number of ether oxygens (including phenoxy) is 1. The summed E-state index contributed by atoms with van der Waals surface area (Å²) >= 11 is 0. The van der Waals surface area contributed by atoms with Gasteiger partial charge < -0.3 is 10.5 Å². The van der Waals surface area contributed by atoms with E-state index in [9.17, 15) is 9.59 Å². The van der Waals surface area contributed by atoms with Gasteiger partial charge in [0.15, 0.2) is 0 Å². The number of benzene rings is 1. The van der Waals surface area contributed by atoms with E-state index in [4.69, 9.17) is 10.5 Å². The molecule has 0 saturated heterocycles. The van der Waals surface area contributed by atoms with Crippen molar-refractivity contribution in [1.82, 2.24) is 4.90 Å². The molecule has 1 fully saturated rings. The molecule has 2 N–H and O–H groups in total. The smallest absolute Gasteiger partial charge is 0.404 e. The van der Waals surface area contributed by atoms with Crippen LogP contribution in [0.25, 0.3) is 0 Å². The van der Waals surface area contributed by atoms with E-state index in [2.05, 4.69) is 23.1 Å². The molecule has 1 heterocycles. The number of carbonyl (C=O) groups is 1. The van der Waals surface area contributed by atoms with Crippen molar-refractivity contribution in [1.29, 1.82) is 0 Å². The lowest BCUT2D eigenvalue weighted by Gasteiger charge is -2.33. The summed E-state index contributed by atoms with van der Waals surface area (Å²) in [5.74, 6) is 2.03. The van der Waals surface area contributed by atoms with E-state index >= 15 is 0 Å². The first-order chi connectivity index (χ1) is 10.2. The summed E-state index contributed by atoms with van der Waals surface area (Å²) in [5, 5.41) is 0. The monoisotopic (exact) mass is 286 g/mol. The molecule has 1 saturated carbocycles. The van der Waals surface area contributed by atoms with Crippen LogP contribution >= 0.6 is 0 Å². The van der Waals surface area contributed by atoms with E-state index in [0.29, 0.717) is 18.4 Å². The molecule has 0 radical (unpaired) electrons. The highest BCUT2D eigenvalue weighted by molar-refractivity contribution is 5.65. The maximum Gasteiger partial charge on any atom is 0.404 e. The summed E-state index contributed by atoms with van der Waals surface area (Å²) in [4.78, 5) is 24.3.